The Kier molecular flexibility index (Phi) is 3.39. The molecule has 0 saturated heterocycles. The minimum Gasteiger partial charge on any atom is -0.507 e. The minimum atomic E-state index is -0.254. The van der Waals surface area contributed by atoms with Crippen molar-refractivity contribution >= 4 is 5.91 Å². The lowest BCUT2D eigenvalue weighted by atomic mass is 9.78. The van der Waals surface area contributed by atoms with E-state index in [9.17, 15) is 9.90 Å². The van der Waals surface area contributed by atoms with Gasteiger partial charge in [0.2, 0.25) is 0 Å². The van der Waals surface area contributed by atoms with E-state index in [-0.39, 0.29) is 17.2 Å². The highest BCUT2D eigenvalue weighted by atomic mass is 16.3. The van der Waals surface area contributed by atoms with Gasteiger partial charge in [-0.25, -0.2) is 0 Å². The average Bonchev–Trinajstić information content (AvgIpc) is 2.93. The molecule has 0 spiro atoms. The molecule has 1 aliphatic rings. The van der Waals surface area contributed by atoms with Gasteiger partial charge in [-0.05, 0) is 37.5 Å². The molecule has 6 nitrogen and oxygen atoms in total. The zero-order valence-electron chi connectivity index (χ0n) is 11.6. The Hall–Kier alpha value is -2.34. The molecule has 6 heteroatoms. The van der Waals surface area contributed by atoms with Crippen molar-refractivity contribution < 1.29 is 9.90 Å². The van der Waals surface area contributed by atoms with Crippen molar-refractivity contribution in [1.82, 2.24) is 15.5 Å². The largest absolute Gasteiger partial charge is 0.507 e. The molecule has 0 unspecified atom stereocenters. The molecule has 3 rings (SSSR count). The predicted octanol–water partition coefficient (Wildman–Crippen LogP) is 1.39. The Balaban J connectivity index is 1.70. The molecule has 0 aliphatic heterocycles. The van der Waals surface area contributed by atoms with Crippen LogP contribution in [0.2, 0.25) is 0 Å². The van der Waals surface area contributed by atoms with Crippen molar-refractivity contribution in [3.63, 3.8) is 0 Å². The van der Waals surface area contributed by atoms with Crippen molar-refractivity contribution in [2.45, 2.75) is 24.8 Å². The monoisotopic (exact) mass is 286 g/mol. The molecule has 1 aliphatic carbocycles. The number of nitrogens with one attached hydrogen (secondary N) is 2. The number of carbonyl (C=O) groups excluding carboxylic acids is 1. The van der Waals surface area contributed by atoms with Gasteiger partial charge in [-0.2, -0.15) is 5.10 Å². The standard InChI is InChI=1S/C15H18N4O2/c16-15(6-3-7-15)9-17-14(21)12-8-11(18-19-12)10-4-1-2-5-13(10)20/h1-2,4-5,8,20H,3,6-7,9,16H2,(H,17,21)(H,18,19). The van der Waals surface area contributed by atoms with Crippen LogP contribution in [0.3, 0.4) is 0 Å². The third kappa shape index (κ3) is 2.75. The van der Waals surface area contributed by atoms with E-state index < -0.39 is 0 Å². The zero-order valence-corrected chi connectivity index (χ0v) is 11.6. The molecule has 110 valence electrons. The topological polar surface area (TPSA) is 104 Å². The van der Waals surface area contributed by atoms with Gasteiger partial charge in [0, 0.05) is 17.6 Å². The lowest BCUT2D eigenvalue weighted by molar-refractivity contribution is 0.0924. The van der Waals surface area contributed by atoms with Crippen LogP contribution in [0.1, 0.15) is 29.8 Å². The quantitative estimate of drug-likeness (QED) is 0.681. The second-order valence-corrected chi connectivity index (χ2v) is 5.58. The molecule has 0 atom stereocenters. The van der Waals surface area contributed by atoms with Gasteiger partial charge in [-0.15, -0.1) is 0 Å². The van der Waals surface area contributed by atoms with Gasteiger partial charge in [0.15, 0.2) is 0 Å². The van der Waals surface area contributed by atoms with Gasteiger partial charge >= 0.3 is 0 Å². The third-order valence-corrected chi connectivity index (χ3v) is 3.95. The highest BCUT2D eigenvalue weighted by Gasteiger charge is 2.32. The molecule has 1 aromatic heterocycles. The Morgan fingerprint density at radius 1 is 1.43 bits per heavy atom. The van der Waals surface area contributed by atoms with Gasteiger partial charge in [0.1, 0.15) is 11.4 Å². The highest BCUT2D eigenvalue weighted by molar-refractivity contribution is 5.93. The highest BCUT2D eigenvalue weighted by Crippen LogP contribution is 2.29. The van der Waals surface area contributed by atoms with E-state index >= 15 is 0 Å². The number of carbonyl (C=O) groups is 1. The number of nitrogens with zero attached hydrogens (tertiary/aromatic N) is 1. The fourth-order valence-corrected chi connectivity index (χ4v) is 2.43. The SMILES string of the molecule is NC1(CNC(=O)c2cc(-c3ccccc3O)n[nH]2)CCC1. The van der Waals surface area contributed by atoms with Gasteiger partial charge in [0.05, 0.1) is 5.69 Å². The summed E-state index contributed by atoms with van der Waals surface area (Å²) in [5.74, 6) is -0.104. The second-order valence-electron chi connectivity index (χ2n) is 5.58. The van der Waals surface area contributed by atoms with Crippen LogP contribution in [0.25, 0.3) is 11.3 Å². The number of amides is 1. The number of aromatic hydroxyl groups is 1. The van der Waals surface area contributed by atoms with E-state index in [0.717, 1.165) is 19.3 Å². The van der Waals surface area contributed by atoms with Crippen LogP contribution in [-0.2, 0) is 0 Å². The molecule has 1 aromatic carbocycles. The van der Waals surface area contributed by atoms with Crippen LogP contribution in [0.4, 0.5) is 0 Å². The smallest absolute Gasteiger partial charge is 0.269 e. The minimum absolute atomic E-state index is 0.131. The summed E-state index contributed by atoms with van der Waals surface area (Å²) in [4.78, 5) is 12.1. The first-order chi connectivity index (χ1) is 10.1. The third-order valence-electron chi connectivity index (χ3n) is 3.95. The molecule has 1 fully saturated rings. The van der Waals surface area contributed by atoms with Gasteiger partial charge < -0.3 is 16.2 Å². The van der Waals surface area contributed by atoms with Crippen LogP contribution in [0.15, 0.2) is 30.3 Å². The summed E-state index contributed by atoms with van der Waals surface area (Å²) in [7, 11) is 0. The van der Waals surface area contributed by atoms with E-state index in [4.69, 9.17) is 5.73 Å². The van der Waals surface area contributed by atoms with E-state index in [1.807, 2.05) is 0 Å². The maximum Gasteiger partial charge on any atom is 0.269 e. The Labute approximate surface area is 122 Å². The van der Waals surface area contributed by atoms with Crippen molar-refractivity contribution in [2.24, 2.45) is 5.73 Å². The first kappa shape index (κ1) is 13.6. The summed E-state index contributed by atoms with van der Waals surface area (Å²) in [6.07, 6.45) is 3.01. The summed E-state index contributed by atoms with van der Waals surface area (Å²) in [6, 6.07) is 8.49. The molecule has 21 heavy (non-hydrogen) atoms. The predicted molar refractivity (Wildman–Crippen MR) is 78.8 cm³/mol. The maximum atomic E-state index is 12.1. The molecule has 1 saturated carbocycles. The number of hydrogen-bond donors (Lipinski definition) is 4. The molecule has 1 amide bonds. The number of phenolic OH excluding ortho intramolecular Hbond substituents is 1. The molecule has 1 heterocycles. The molecule has 0 bridgehead atoms. The second kappa shape index (κ2) is 5.21. The van der Waals surface area contributed by atoms with E-state index in [0.29, 0.717) is 23.5 Å². The van der Waals surface area contributed by atoms with Crippen molar-refractivity contribution in [3.8, 4) is 17.0 Å². The normalized spacial score (nSPS) is 16.2. The number of rotatable bonds is 4. The fourth-order valence-electron chi connectivity index (χ4n) is 2.43. The zero-order chi connectivity index (χ0) is 14.9. The average molecular weight is 286 g/mol. The number of aromatic amines is 1. The number of benzene rings is 1. The number of nitrogens with two attached hydrogens (primary N) is 1. The summed E-state index contributed by atoms with van der Waals surface area (Å²) in [6.45, 7) is 0.469. The molecule has 2 aromatic rings. The molecular formula is C15H18N4O2. The first-order valence-corrected chi connectivity index (χ1v) is 6.98. The van der Waals surface area contributed by atoms with E-state index in [1.165, 1.54) is 0 Å². The van der Waals surface area contributed by atoms with Crippen LogP contribution >= 0.6 is 0 Å². The van der Waals surface area contributed by atoms with Gasteiger partial charge in [0.25, 0.3) is 5.91 Å². The molecule has 5 N–H and O–H groups in total. The van der Waals surface area contributed by atoms with Crippen LogP contribution in [-0.4, -0.2) is 33.3 Å². The number of para-hydroxylation sites is 1. The summed E-state index contributed by atoms with van der Waals surface area (Å²) in [5.41, 5.74) is 7.29. The van der Waals surface area contributed by atoms with Crippen molar-refractivity contribution in [2.75, 3.05) is 6.54 Å². The van der Waals surface area contributed by atoms with Crippen LogP contribution in [0, 0.1) is 0 Å². The Bertz CT molecular complexity index is 661. The first-order valence-electron chi connectivity index (χ1n) is 6.98. The lowest BCUT2D eigenvalue weighted by Crippen LogP contribution is -2.54. The van der Waals surface area contributed by atoms with Crippen molar-refractivity contribution in [3.05, 3.63) is 36.0 Å². The van der Waals surface area contributed by atoms with E-state index in [1.54, 1.807) is 30.3 Å². The van der Waals surface area contributed by atoms with Gasteiger partial charge in [-0.1, -0.05) is 12.1 Å². The summed E-state index contributed by atoms with van der Waals surface area (Å²) >= 11 is 0. The fraction of sp³-hybridized carbons (Fsp3) is 0.333. The number of hydrogen-bond acceptors (Lipinski definition) is 4. The van der Waals surface area contributed by atoms with Crippen molar-refractivity contribution in [1.29, 1.82) is 0 Å². The number of H-pyrrole nitrogens is 1. The Morgan fingerprint density at radius 3 is 2.86 bits per heavy atom. The molecular weight excluding hydrogens is 268 g/mol. The van der Waals surface area contributed by atoms with Crippen LogP contribution < -0.4 is 11.1 Å². The summed E-state index contributed by atoms with van der Waals surface area (Å²) < 4.78 is 0. The lowest BCUT2D eigenvalue weighted by Gasteiger charge is -2.38. The van der Waals surface area contributed by atoms with Crippen LogP contribution in [0.5, 0.6) is 5.75 Å². The maximum absolute atomic E-state index is 12.1. The summed E-state index contributed by atoms with van der Waals surface area (Å²) in [5, 5.41) is 19.4. The van der Waals surface area contributed by atoms with E-state index in [2.05, 4.69) is 15.5 Å². The molecule has 0 radical (unpaired) electrons. The number of phenols is 1. The Morgan fingerprint density at radius 2 is 2.19 bits per heavy atom. The number of aromatic nitrogens is 2. The van der Waals surface area contributed by atoms with Gasteiger partial charge in [-0.3, -0.25) is 9.89 Å².